The first-order valence-electron chi connectivity index (χ1n) is 8.58. The molecule has 4 aromatic rings. The highest BCUT2D eigenvalue weighted by Gasteiger charge is 2.15. The van der Waals surface area contributed by atoms with Gasteiger partial charge in [0.05, 0.1) is 36.7 Å². The van der Waals surface area contributed by atoms with E-state index in [0.29, 0.717) is 39.3 Å². The molecule has 0 aliphatic heterocycles. The average Bonchev–Trinajstić information content (AvgIpc) is 2.73. The summed E-state index contributed by atoms with van der Waals surface area (Å²) in [4.78, 5) is 4.35. The number of ether oxygens (including phenoxy) is 2. The van der Waals surface area contributed by atoms with Crippen LogP contribution in [0.2, 0.25) is 0 Å². The standard InChI is InChI=1S/C22H17N3O3/c1-27-20-9-16-17(10-21(20)28-2)24-12-15(11-23)22(16)25-18-7-13-5-3-4-6-14(13)8-19(18)26/h3-10,12,26H,1-2H3,(H,24,25). The topological polar surface area (TPSA) is 87.4 Å². The lowest BCUT2D eigenvalue weighted by molar-refractivity contribution is 0.356. The van der Waals surface area contributed by atoms with E-state index in [9.17, 15) is 10.4 Å². The number of nitrogens with zero attached hydrogens (tertiary/aromatic N) is 2. The SMILES string of the molecule is COc1cc2ncc(C#N)c(Nc3cc4ccccc4cc3O)c2cc1OC. The van der Waals surface area contributed by atoms with Crippen molar-refractivity contribution in [3.63, 3.8) is 0 Å². The molecule has 0 bridgehead atoms. The van der Waals surface area contributed by atoms with Crippen LogP contribution in [-0.2, 0) is 0 Å². The van der Waals surface area contributed by atoms with Crippen molar-refractivity contribution < 1.29 is 14.6 Å². The third-order valence-corrected chi connectivity index (χ3v) is 4.62. The van der Waals surface area contributed by atoms with E-state index in [1.807, 2.05) is 30.3 Å². The zero-order valence-electron chi connectivity index (χ0n) is 15.4. The second kappa shape index (κ2) is 6.97. The maximum atomic E-state index is 10.5. The van der Waals surface area contributed by atoms with Crippen LogP contribution < -0.4 is 14.8 Å². The summed E-state index contributed by atoms with van der Waals surface area (Å²) in [6, 6.07) is 16.9. The highest BCUT2D eigenvalue weighted by Crippen LogP contribution is 2.39. The van der Waals surface area contributed by atoms with E-state index in [-0.39, 0.29) is 5.75 Å². The fourth-order valence-electron chi connectivity index (χ4n) is 3.20. The Morgan fingerprint density at radius 1 is 1.00 bits per heavy atom. The zero-order valence-corrected chi connectivity index (χ0v) is 15.4. The number of anilines is 2. The number of hydrogen-bond acceptors (Lipinski definition) is 6. The Bertz CT molecular complexity index is 1250. The Hall–Kier alpha value is -3.98. The van der Waals surface area contributed by atoms with Crippen molar-refractivity contribution in [2.75, 3.05) is 19.5 Å². The third kappa shape index (κ3) is 2.89. The Labute approximate surface area is 161 Å². The molecule has 6 heteroatoms. The van der Waals surface area contributed by atoms with Crippen LogP contribution in [0.25, 0.3) is 21.7 Å². The summed E-state index contributed by atoms with van der Waals surface area (Å²) in [6.07, 6.45) is 1.49. The molecule has 0 saturated carbocycles. The van der Waals surface area contributed by atoms with Gasteiger partial charge in [-0.25, -0.2) is 0 Å². The smallest absolute Gasteiger partial charge is 0.162 e. The van der Waals surface area contributed by atoms with Gasteiger partial charge in [0.15, 0.2) is 11.5 Å². The van der Waals surface area contributed by atoms with Crippen molar-refractivity contribution in [3.05, 3.63) is 60.3 Å². The predicted octanol–water partition coefficient (Wildman–Crippen LogP) is 4.73. The molecule has 0 fully saturated rings. The molecule has 0 saturated heterocycles. The Balaban J connectivity index is 1.92. The number of pyridine rings is 1. The van der Waals surface area contributed by atoms with Crippen molar-refractivity contribution in [1.82, 2.24) is 4.98 Å². The number of methoxy groups -OCH3 is 2. The van der Waals surface area contributed by atoms with E-state index in [0.717, 1.165) is 10.8 Å². The van der Waals surface area contributed by atoms with Gasteiger partial charge in [-0.05, 0) is 29.0 Å². The van der Waals surface area contributed by atoms with E-state index in [2.05, 4.69) is 16.4 Å². The highest BCUT2D eigenvalue weighted by molar-refractivity contribution is 5.99. The normalized spacial score (nSPS) is 10.6. The number of aromatic hydroxyl groups is 1. The molecule has 1 heterocycles. The maximum absolute atomic E-state index is 10.5. The van der Waals surface area contributed by atoms with Crippen LogP contribution in [0, 0.1) is 11.3 Å². The molecule has 2 N–H and O–H groups in total. The number of phenolic OH excluding ortho intramolecular Hbond substituents is 1. The van der Waals surface area contributed by atoms with E-state index in [1.54, 1.807) is 32.4 Å². The minimum Gasteiger partial charge on any atom is -0.506 e. The van der Waals surface area contributed by atoms with Crippen molar-refractivity contribution in [2.24, 2.45) is 0 Å². The van der Waals surface area contributed by atoms with Gasteiger partial charge in [0.2, 0.25) is 0 Å². The molecule has 4 rings (SSSR count). The number of phenols is 1. The number of nitrogens with one attached hydrogen (secondary N) is 1. The van der Waals surface area contributed by atoms with Crippen LogP contribution in [0.3, 0.4) is 0 Å². The molecule has 0 spiro atoms. The van der Waals surface area contributed by atoms with Gasteiger partial charge in [0.1, 0.15) is 11.8 Å². The number of rotatable bonds is 4. The number of nitriles is 1. The van der Waals surface area contributed by atoms with Gasteiger partial charge in [-0.3, -0.25) is 4.98 Å². The van der Waals surface area contributed by atoms with Gasteiger partial charge in [-0.15, -0.1) is 0 Å². The molecule has 6 nitrogen and oxygen atoms in total. The number of fused-ring (bicyclic) bond motifs is 2. The fraction of sp³-hybridized carbons (Fsp3) is 0.0909. The van der Waals surface area contributed by atoms with Crippen molar-refractivity contribution in [1.29, 1.82) is 5.26 Å². The molecule has 0 unspecified atom stereocenters. The minimum atomic E-state index is 0.0908. The van der Waals surface area contributed by atoms with E-state index < -0.39 is 0 Å². The van der Waals surface area contributed by atoms with Crippen molar-refractivity contribution in [2.45, 2.75) is 0 Å². The Kier molecular flexibility index (Phi) is 4.34. The molecular formula is C22H17N3O3. The number of benzene rings is 3. The molecule has 0 atom stereocenters. The molecule has 0 aliphatic rings. The summed E-state index contributed by atoms with van der Waals surface area (Å²) in [5, 5.41) is 25.8. The predicted molar refractivity (Wildman–Crippen MR) is 108 cm³/mol. The lowest BCUT2D eigenvalue weighted by Gasteiger charge is -2.15. The molecular weight excluding hydrogens is 354 g/mol. The first kappa shape index (κ1) is 17.4. The van der Waals surface area contributed by atoms with Crippen LogP contribution in [0.1, 0.15) is 5.56 Å². The van der Waals surface area contributed by atoms with Gasteiger partial charge >= 0.3 is 0 Å². The lowest BCUT2D eigenvalue weighted by atomic mass is 10.1. The molecule has 1 aromatic heterocycles. The number of hydrogen-bond donors (Lipinski definition) is 2. The van der Waals surface area contributed by atoms with Gasteiger partial charge in [-0.2, -0.15) is 5.26 Å². The summed E-state index contributed by atoms with van der Waals surface area (Å²) in [7, 11) is 3.10. The van der Waals surface area contributed by atoms with Gasteiger partial charge in [0, 0.05) is 17.6 Å². The molecule has 0 radical (unpaired) electrons. The quantitative estimate of drug-likeness (QED) is 0.505. The Morgan fingerprint density at radius 3 is 2.36 bits per heavy atom. The maximum Gasteiger partial charge on any atom is 0.162 e. The molecule has 28 heavy (non-hydrogen) atoms. The minimum absolute atomic E-state index is 0.0908. The largest absolute Gasteiger partial charge is 0.506 e. The average molecular weight is 371 g/mol. The second-order valence-electron chi connectivity index (χ2n) is 6.22. The molecule has 0 aliphatic carbocycles. The summed E-state index contributed by atoms with van der Waals surface area (Å²) >= 11 is 0. The van der Waals surface area contributed by atoms with Crippen LogP contribution in [-0.4, -0.2) is 24.3 Å². The van der Waals surface area contributed by atoms with Crippen molar-refractivity contribution in [3.8, 4) is 23.3 Å². The van der Waals surface area contributed by atoms with Gasteiger partial charge in [-0.1, -0.05) is 24.3 Å². The van der Waals surface area contributed by atoms with Crippen LogP contribution >= 0.6 is 0 Å². The van der Waals surface area contributed by atoms with E-state index in [1.165, 1.54) is 6.20 Å². The third-order valence-electron chi connectivity index (χ3n) is 4.62. The first-order chi connectivity index (χ1) is 13.6. The zero-order chi connectivity index (χ0) is 19.7. The van der Waals surface area contributed by atoms with Crippen molar-refractivity contribution >= 4 is 33.1 Å². The van der Waals surface area contributed by atoms with Crippen LogP contribution in [0.15, 0.2) is 54.7 Å². The lowest BCUT2D eigenvalue weighted by Crippen LogP contribution is -1.99. The summed E-state index contributed by atoms with van der Waals surface area (Å²) in [6.45, 7) is 0. The summed E-state index contributed by atoms with van der Waals surface area (Å²) in [5.41, 5.74) is 2.03. The number of aromatic nitrogens is 1. The molecule has 3 aromatic carbocycles. The van der Waals surface area contributed by atoms with Crippen LogP contribution in [0.4, 0.5) is 11.4 Å². The van der Waals surface area contributed by atoms with E-state index in [4.69, 9.17) is 9.47 Å². The molecule has 0 amide bonds. The van der Waals surface area contributed by atoms with Gasteiger partial charge < -0.3 is 19.9 Å². The van der Waals surface area contributed by atoms with Crippen LogP contribution in [0.5, 0.6) is 17.2 Å². The Morgan fingerprint density at radius 2 is 1.68 bits per heavy atom. The first-order valence-corrected chi connectivity index (χ1v) is 8.58. The fourth-order valence-corrected chi connectivity index (χ4v) is 3.20. The monoisotopic (exact) mass is 371 g/mol. The summed E-state index contributed by atoms with van der Waals surface area (Å²) in [5.74, 6) is 1.16. The summed E-state index contributed by atoms with van der Waals surface area (Å²) < 4.78 is 10.7. The van der Waals surface area contributed by atoms with Gasteiger partial charge in [0.25, 0.3) is 0 Å². The highest BCUT2D eigenvalue weighted by atomic mass is 16.5. The van der Waals surface area contributed by atoms with E-state index >= 15 is 0 Å². The second-order valence-corrected chi connectivity index (χ2v) is 6.22. The molecule has 138 valence electrons.